The van der Waals surface area contributed by atoms with Crippen molar-refractivity contribution in [2.24, 2.45) is 7.05 Å². The minimum atomic E-state index is 0.215. The van der Waals surface area contributed by atoms with Gasteiger partial charge in [0.05, 0.1) is 5.69 Å². The number of nitrogens with zero attached hydrogens (tertiary/aromatic N) is 5. The van der Waals surface area contributed by atoms with Gasteiger partial charge in [0.25, 0.3) is 0 Å². The van der Waals surface area contributed by atoms with E-state index in [0.717, 1.165) is 43.7 Å². The lowest BCUT2D eigenvalue weighted by Crippen LogP contribution is -2.38. The third-order valence-electron chi connectivity index (χ3n) is 3.72. The fraction of sp³-hybridized carbons (Fsp3) is 0.533. The zero-order valence-corrected chi connectivity index (χ0v) is 12.6. The van der Waals surface area contributed by atoms with Gasteiger partial charge in [-0.3, -0.25) is 9.58 Å². The Morgan fingerprint density at radius 1 is 1.24 bits per heavy atom. The number of rotatable bonds is 4. The van der Waals surface area contributed by atoms with Crippen LogP contribution in [0.25, 0.3) is 0 Å². The molecule has 0 radical (unpaired) electrons. The Bertz CT molecular complexity index is 572. The molecular formula is C15H21N5O. The van der Waals surface area contributed by atoms with Gasteiger partial charge >= 0.3 is 6.01 Å². The van der Waals surface area contributed by atoms with E-state index in [9.17, 15) is 0 Å². The second-order valence-electron chi connectivity index (χ2n) is 5.62. The average molecular weight is 287 g/mol. The third kappa shape index (κ3) is 3.78. The highest BCUT2D eigenvalue weighted by Crippen LogP contribution is 2.17. The van der Waals surface area contributed by atoms with Gasteiger partial charge in [-0.15, -0.1) is 0 Å². The first-order valence-corrected chi connectivity index (χ1v) is 7.35. The van der Waals surface area contributed by atoms with Crippen LogP contribution in [0.5, 0.6) is 6.01 Å². The molecule has 0 amide bonds. The van der Waals surface area contributed by atoms with E-state index in [1.165, 1.54) is 0 Å². The van der Waals surface area contributed by atoms with Crippen LogP contribution in [-0.4, -0.2) is 43.8 Å². The molecule has 3 heterocycles. The second kappa shape index (κ2) is 6.22. The Morgan fingerprint density at radius 3 is 2.57 bits per heavy atom. The lowest BCUT2D eigenvalue weighted by Gasteiger charge is -2.31. The normalized spacial score (nSPS) is 17.0. The van der Waals surface area contributed by atoms with Gasteiger partial charge in [-0.25, -0.2) is 9.97 Å². The summed E-state index contributed by atoms with van der Waals surface area (Å²) in [4.78, 5) is 10.8. The highest BCUT2D eigenvalue weighted by molar-refractivity contribution is 5.05. The maximum absolute atomic E-state index is 5.84. The molecule has 21 heavy (non-hydrogen) atoms. The smallest absolute Gasteiger partial charge is 0.316 e. The van der Waals surface area contributed by atoms with Gasteiger partial charge in [0.15, 0.2) is 0 Å². The van der Waals surface area contributed by atoms with Crippen molar-refractivity contribution < 1.29 is 4.74 Å². The van der Waals surface area contributed by atoms with Gasteiger partial charge in [-0.05, 0) is 31.4 Å². The molecule has 1 aliphatic rings. The summed E-state index contributed by atoms with van der Waals surface area (Å²) < 4.78 is 7.69. The van der Waals surface area contributed by atoms with E-state index in [2.05, 4.69) is 26.0 Å². The van der Waals surface area contributed by atoms with Crippen LogP contribution in [0.1, 0.15) is 24.1 Å². The molecule has 0 atom stereocenters. The van der Waals surface area contributed by atoms with Crippen molar-refractivity contribution in [2.45, 2.75) is 32.4 Å². The van der Waals surface area contributed by atoms with Crippen molar-refractivity contribution >= 4 is 0 Å². The highest BCUT2D eigenvalue weighted by Gasteiger charge is 2.21. The Labute approximate surface area is 124 Å². The molecule has 3 rings (SSSR count). The van der Waals surface area contributed by atoms with Crippen LogP contribution >= 0.6 is 0 Å². The quantitative estimate of drug-likeness (QED) is 0.854. The van der Waals surface area contributed by atoms with Crippen molar-refractivity contribution in [1.82, 2.24) is 24.6 Å². The molecule has 0 bridgehead atoms. The largest absolute Gasteiger partial charge is 0.460 e. The van der Waals surface area contributed by atoms with Crippen LogP contribution in [0, 0.1) is 6.92 Å². The zero-order valence-electron chi connectivity index (χ0n) is 12.6. The molecule has 1 aliphatic heterocycles. The molecule has 1 saturated heterocycles. The molecule has 0 unspecified atom stereocenters. The van der Waals surface area contributed by atoms with Crippen molar-refractivity contribution in [2.75, 3.05) is 13.1 Å². The average Bonchev–Trinajstić information content (AvgIpc) is 2.89. The lowest BCUT2D eigenvalue weighted by atomic mass is 10.1. The Morgan fingerprint density at radius 2 is 1.95 bits per heavy atom. The minimum absolute atomic E-state index is 0.215. The molecule has 0 saturated carbocycles. The number of hydrogen-bond acceptors (Lipinski definition) is 5. The number of hydrogen-bond donors (Lipinski definition) is 0. The first-order valence-electron chi connectivity index (χ1n) is 7.35. The van der Waals surface area contributed by atoms with Gasteiger partial charge < -0.3 is 4.74 Å². The Kier molecular flexibility index (Phi) is 4.15. The van der Waals surface area contributed by atoms with Gasteiger partial charge in [0.1, 0.15) is 6.10 Å². The maximum Gasteiger partial charge on any atom is 0.316 e. The third-order valence-corrected chi connectivity index (χ3v) is 3.72. The van der Waals surface area contributed by atoms with Crippen LogP contribution < -0.4 is 4.74 Å². The molecule has 0 spiro atoms. The van der Waals surface area contributed by atoms with E-state index in [-0.39, 0.29) is 6.10 Å². The van der Waals surface area contributed by atoms with E-state index in [4.69, 9.17) is 4.74 Å². The summed E-state index contributed by atoms with van der Waals surface area (Å²) in [5.41, 5.74) is 2.17. The first kappa shape index (κ1) is 14.0. The number of ether oxygens (including phenoxy) is 1. The number of likely N-dealkylation sites (tertiary alicyclic amines) is 1. The summed E-state index contributed by atoms with van der Waals surface area (Å²) in [6.45, 7) is 4.93. The van der Waals surface area contributed by atoms with E-state index in [0.29, 0.717) is 6.01 Å². The van der Waals surface area contributed by atoms with Gasteiger partial charge in [0, 0.05) is 45.3 Å². The molecule has 6 nitrogen and oxygen atoms in total. The number of piperidine rings is 1. The molecule has 0 aliphatic carbocycles. The summed E-state index contributed by atoms with van der Waals surface area (Å²) in [5.74, 6) is 0. The van der Waals surface area contributed by atoms with Crippen LogP contribution in [-0.2, 0) is 13.6 Å². The fourth-order valence-electron chi connectivity index (χ4n) is 2.55. The molecular weight excluding hydrogens is 266 g/mol. The summed E-state index contributed by atoms with van der Waals surface area (Å²) in [7, 11) is 1.95. The van der Waals surface area contributed by atoms with Crippen LogP contribution in [0.3, 0.4) is 0 Å². The summed E-state index contributed by atoms with van der Waals surface area (Å²) in [5, 5.41) is 4.42. The van der Waals surface area contributed by atoms with Crippen LogP contribution in [0.15, 0.2) is 24.7 Å². The Balaban J connectivity index is 1.47. The maximum atomic E-state index is 5.84. The molecule has 1 fully saturated rings. The fourth-order valence-corrected chi connectivity index (χ4v) is 2.55. The highest BCUT2D eigenvalue weighted by atomic mass is 16.5. The SMILES string of the molecule is Cc1cnc(OC2CCN(Cc3ccn(C)n3)CC2)nc1. The minimum Gasteiger partial charge on any atom is -0.460 e. The van der Waals surface area contributed by atoms with E-state index >= 15 is 0 Å². The van der Waals surface area contributed by atoms with Gasteiger partial charge in [-0.2, -0.15) is 5.10 Å². The topological polar surface area (TPSA) is 56.1 Å². The van der Waals surface area contributed by atoms with E-state index in [1.54, 1.807) is 12.4 Å². The Hall–Kier alpha value is -1.95. The zero-order chi connectivity index (χ0) is 14.7. The predicted octanol–water partition coefficient (Wildman–Crippen LogP) is 1.56. The molecule has 112 valence electrons. The van der Waals surface area contributed by atoms with E-state index < -0.39 is 0 Å². The van der Waals surface area contributed by atoms with Crippen molar-refractivity contribution in [3.05, 3.63) is 35.9 Å². The summed E-state index contributed by atoms with van der Waals surface area (Å²) in [6.07, 6.45) is 7.79. The molecule has 6 heteroatoms. The molecule has 0 N–H and O–H groups in total. The van der Waals surface area contributed by atoms with Gasteiger partial charge in [-0.1, -0.05) is 0 Å². The summed E-state index contributed by atoms with van der Waals surface area (Å²) in [6, 6.07) is 2.56. The number of aromatic nitrogens is 4. The molecule has 2 aromatic heterocycles. The van der Waals surface area contributed by atoms with Crippen LogP contribution in [0.2, 0.25) is 0 Å². The molecule has 2 aromatic rings. The van der Waals surface area contributed by atoms with Crippen molar-refractivity contribution in [3.63, 3.8) is 0 Å². The van der Waals surface area contributed by atoms with E-state index in [1.807, 2.05) is 24.9 Å². The van der Waals surface area contributed by atoms with Crippen molar-refractivity contribution in [1.29, 1.82) is 0 Å². The monoisotopic (exact) mass is 287 g/mol. The first-order chi connectivity index (χ1) is 10.2. The van der Waals surface area contributed by atoms with Crippen molar-refractivity contribution in [3.8, 4) is 6.01 Å². The number of aryl methyl sites for hydroxylation is 2. The van der Waals surface area contributed by atoms with Crippen LogP contribution in [0.4, 0.5) is 0 Å². The second-order valence-corrected chi connectivity index (χ2v) is 5.62. The van der Waals surface area contributed by atoms with Gasteiger partial charge in [0.2, 0.25) is 0 Å². The lowest BCUT2D eigenvalue weighted by molar-refractivity contribution is 0.0885. The standard InChI is InChI=1S/C15H21N5O/c1-12-9-16-15(17-10-12)21-14-4-7-20(8-5-14)11-13-3-6-19(2)18-13/h3,6,9-10,14H,4-5,7-8,11H2,1-2H3. The summed E-state index contributed by atoms with van der Waals surface area (Å²) >= 11 is 0. The molecule has 0 aromatic carbocycles. The predicted molar refractivity (Wildman–Crippen MR) is 78.9 cm³/mol.